The molecule has 5 nitrogen and oxygen atoms in total. The quantitative estimate of drug-likeness (QED) is 0.810. The van der Waals surface area contributed by atoms with Crippen LogP contribution in [0.2, 0.25) is 0 Å². The normalized spacial score (nSPS) is 18.2. The Labute approximate surface area is 180 Å². The third-order valence-electron chi connectivity index (χ3n) is 6.32. The first kappa shape index (κ1) is 20.7. The van der Waals surface area contributed by atoms with Gasteiger partial charge in [0.1, 0.15) is 0 Å². The lowest BCUT2D eigenvalue weighted by Gasteiger charge is -2.36. The van der Waals surface area contributed by atoms with Crippen molar-refractivity contribution in [1.29, 1.82) is 0 Å². The monoisotopic (exact) mass is 406 g/mol. The van der Waals surface area contributed by atoms with Crippen LogP contribution in [-0.4, -0.2) is 56.6 Å². The maximum Gasteiger partial charge on any atom is 0.238 e. The maximum atomic E-state index is 12.5. The zero-order valence-electron chi connectivity index (χ0n) is 18.1. The van der Waals surface area contributed by atoms with Gasteiger partial charge >= 0.3 is 0 Å². The minimum atomic E-state index is 0.0712. The van der Waals surface area contributed by atoms with Crippen molar-refractivity contribution < 1.29 is 4.79 Å². The molecule has 0 spiro atoms. The topological polar surface area (TPSA) is 38.8 Å². The van der Waals surface area contributed by atoms with Crippen LogP contribution in [0.25, 0.3) is 0 Å². The Bertz CT molecular complexity index is 819. The van der Waals surface area contributed by atoms with Gasteiger partial charge in [0.15, 0.2) is 0 Å². The van der Waals surface area contributed by atoms with Crippen molar-refractivity contribution in [2.24, 2.45) is 0 Å². The van der Waals surface area contributed by atoms with Crippen molar-refractivity contribution in [3.8, 4) is 0 Å². The van der Waals surface area contributed by atoms with Crippen molar-refractivity contribution >= 4 is 23.0 Å². The number of benzene rings is 2. The standard InChI is InChI=1S/C25H34N4O/c1-21-8-4-5-9-24(21)29-18-16-27(17-19-29)20-25(30)26-22-10-12-23(13-11-22)28-14-6-2-3-7-15-28/h4-5,8-13H,2-3,6-7,14-20H2,1H3,(H,26,30). The van der Waals surface area contributed by atoms with Crippen LogP contribution in [0.4, 0.5) is 17.1 Å². The highest BCUT2D eigenvalue weighted by atomic mass is 16.2. The molecule has 5 heteroatoms. The summed E-state index contributed by atoms with van der Waals surface area (Å²) in [5.41, 5.74) is 4.78. The van der Waals surface area contributed by atoms with Crippen LogP contribution >= 0.6 is 0 Å². The van der Waals surface area contributed by atoms with Gasteiger partial charge in [-0.2, -0.15) is 0 Å². The van der Waals surface area contributed by atoms with E-state index in [1.54, 1.807) is 0 Å². The zero-order chi connectivity index (χ0) is 20.8. The van der Waals surface area contributed by atoms with Gasteiger partial charge < -0.3 is 15.1 Å². The lowest BCUT2D eigenvalue weighted by Crippen LogP contribution is -2.48. The van der Waals surface area contributed by atoms with Crippen LogP contribution in [0.5, 0.6) is 0 Å². The molecule has 1 amide bonds. The van der Waals surface area contributed by atoms with E-state index in [4.69, 9.17) is 0 Å². The van der Waals surface area contributed by atoms with Gasteiger partial charge in [0, 0.05) is 56.3 Å². The van der Waals surface area contributed by atoms with Gasteiger partial charge in [-0.25, -0.2) is 0 Å². The first-order valence-corrected chi connectivity index (χ1v) is 11.4. The SMILES string of the molecule is Cc1ccccc1N1CCN(CC(=O)Nc2ccc(N3CCCCCC3)cc2)CC1. The molecular formula is C25H34N4O. The molecule has 30 heavy (non-hydrogen) atoms. The molecular weight excluding hydrogens is 372 g/mol. The largest absolute Gasteiger partial charge is 0.372 e. The molecule has 2 aromatic rings. The number of hydrogen-bond donors (Lipinski definition) is 1. The zero-order valence-corrected chi connectivity index (χ0v) is 18.1. The predicted molar refractivity (Wildman–Crippen MR) is 126 cm³/mol. The van der Waals surface area contributed by atoms with Crippen molar-refractivity contribution in [3.63, 3.8) is 0 Å². The second kappa shape index (κ2) is 9.98. The number of amides is 1. The molecule has 0 unspecified atom stereocenters. The van der Waals surface area contributed by atoms with E-state index in [1.807, 2.05) is 12.1 Å². The summed E-state index contributed by atoms with van der Waals surface area (Å²) in [5, 5.41) is 3.07. The Morgan fingerprint density at radius 1 is 0.800 bits per heavy atom. The summed E-state index contributed by atoms with van der Waals surface area (Å²) < 4.78 is 0. The summed E-state index contributed by atoms with van der Waals surface area (Å²) in [4.78, 5) is 19.7. The highest BCUT2D eigenvalue weighted by Gasteiger charge is 2.20. The van der Waals surface area contributed by atoms with E-state index in [0.717, 1.165) is 45.0 Å². The molecule has 1 N–H and O–H groups in total. The van der Waals surface area contributed by atoms with Crippen LogP contribution in [0.1, 0.15) is 31.2 Å². The summed E-state index contributed by atoms with van der Waals surface area (Å²) in [6.07, 6.45) is 5.22. The fourth-order valence-corrected chi connectivity index (χ4v) is 4.55. The molecule has 0 saturated carbocycles. The molecule has 0 bridgehead atoms. The Balaban J connectivity index is 1.24. The van der Waals surface area contributed by atoms with Crippen LogP contribution in [0.3, 0.4) is 0 Å². The number of carbonyl (C=O) groups is 1. The average Bonchev–Trinajstić information content (AvgIpc) is 3.05. The molecule has 2 aliphatic rings. The van der Waals surface area contributed by atoms with Crippen molar-refractivity contribution in [3.05, 3.63) is 54.1 Å². The van der Waals surface area contributed by atoms with E-state index < -0.39 is 0 Å². The Morgan fingerprint density at radius 3 is 2.13 bits per heavy atom. The summed E-state index contributed by atoms with van der Waals surface area (Å²) in [6.45, 7) is 8.64. The molecule has 0 aliphatic carbocycles. The molecule has 2 fully saturated rings. The van der Waals surface area contributed by atoms with Crippen LogP contribution in [-0.2, 0) is 4.79 Å². The number of rotatable bonds is 5. The van der Waals surface area contributed by atoms with E-state index >= 15 is 0 Å². The minimum Gasteiger partial charge on any atom is -0.372 e. The molecule has 0 atom stereocenters. The van der Waals surface area contributed by atoms with E-state index in [0.29, 0.717) is 6.54 Å². The van der Waals surface area contributed by atoms with E-state index in [2.05, 4.69) is 63.3 Å². The number of carbonyl (C=O) groups excluding carboxylic acids is 1. The smallest absolute Gasteiger partial charge is 0.238 e. The molecule has 0 radical (unpaired) electrons. The summed E-state index contributed by atoms with van der Waals surface area (Å²) in [5.74, 6) is 0.0712. The fourth-order valence-electron chi connectivity index (χ4n) is 4.55. The minimum absolute atomic E-state index is 0.0712. The average molecular weight is 407 g/mol. The number of aryl methyl sites for hydroxylation is 1. The van der Waals surface area contributed by atoms with Gasteiger partial charge in [0.05, 0.1) is 6.54 Å². The predicted octanol–water partition coefficient (Wildman–Crippen LogP) is 4.14. The number of hydrogen-bond acceptors (Lipinski definition) is 4. The van der Waals surface area contributed by atoms with Crippen molar-refractivity contribution in [2.45, 2.75) is 32.6 Å². The summed E-state index contributed by atoms with van der Waals surface area (Å²) in [7, 11) is 0. The Hall–Kier alpha value is -2.53. The number of para-hydroxylation sites is 1. The van der Waals surface area contributed by atoms with Gasteiger partial charge in [-0.05, 0) is 55.7 Å². The molecule has 4 rings (SSSR count). The van der Waals surface area contributed by atoms with Gasteiger partial charge in [-0.15, -0.1) is 0 Å². The van der Waals surface area contributed by atoms with E-state index in [1.165, 1.54) is 42.6 Å². The third-order valence-corrected chi connectivity index (χ3v) is 6.32. The highest BCUT2D eigenvalue weighted by Crippen LogP contribution is 2.22. The lowest BCUT2D eigenvalue weighted by molar-refractivity contribution is -0.117. The van der Waals surface area contributed by atoms with E-state index in [-0.39, 0.29) is 5.91 Å². The molecule has 2 aromatic carbocycles. The van der Waals surface area contributed by atoms with Gasteiger partial charge in [-0.1, -0.05) is 31.0 Å². The van der Waals surface area contributed by atoms with Crippen LogP contribution < -0.4 is 15.1 Å². The summed E-state index contributed by atoms with van der Waals surface area (Å²) in [6, 6.07) is 16.9. The lowest BCUT2D eigenvalue weighted by atomic mass is 10.1. The number of nitrogens with one attached hydrogen (secondary N) is 1. The van der Waals surface area contributed by atoms with Crippen molar-refractivity contribution in [2.75, 3.05) is 60.9 Å². The van der Waals surface area contributed by atoms with Gasteiger partial charge in [0.2, 0.25) is 5.91 Å². The number of anilines is 3. The molecule has 0 aromatic heterocycles. The molecule has 2 aliphatic heterocycles. The Morgan fingerprint density at radius 2 is 1.47 bits per heavy atom. The first-order valence-electron chi connectivity index (χ1n) is 11.4. The first-order chi connectivity index (χ1) is 14.7. The van der Waals surface area contributed by atoms with Crippen LogP contribution in [0.15, 0.2) is 48.5 Å². The number of piperazine rings is 1. The number of nitrogens with zero attached hydrogens (tertiary/aromatic N) is 3. The summed E-state index contributed by atoms with van der Waals surface area (Å²) >= 11 is 0. The van der Waals surface area contributed by atoms with Crippen molar-refractivity contribution in [1.82, 2.24) is 4.90 Å². The third kappa shape index (κ3) is 5.33. The fraction of sp³-hybridized carbons (Fsp3) is 0.480. The van der Waals surface area contributed by atoms with Crippen LogP contribution in [0, 0.1) is 6.92 Å². The second-order valence-electron chi connectivity index (χ2n) is 8.55. The second-order valence-corrected chi connectivity index (χ2v) is 8.55. The van der Waals surface area contributed by atoms with Gasteiger partial charge in [-0.3, -0.25) is 9.69 Å². The maximum absolute atomic E-state index is 12.5. The molecule has 2 heterocycles. The Kier molecular flexibility index (Phi) is 6.90. The molecule has 160 valence electrons. The van der Waals surface area contributed by atoms with E-state index in [9.17, 15) is 4.79 Å². The highest BCUT2D eigenvalue weighted by molar-refractivity contribution is 5.92. The molecule has 2 saturated heterocycles. The van der Waals surface area contributed by atoms with Gasteiger partial charge in [0.25, 0.3) is 0 Å².